The predicted molar refractivity (Wildman–Crippen MR) is 98.6 cm³/mol. The van der Waals surface area contributed by atoms with Crippen molar-refractivity contribution in [1.29, 1.82) is 0 Å². The first-order valence-electron chi connectivity index (χ1n) is 6.85. The maximum absolute atomic E-state index is 12.0. The quantitative estimate of drug-likeness (QED) is 0.648. The number of aromatic nitrogens is 2. The molecule has 5 nitrogen and oxygen atoms in total. The molecule has 1 aromatic carbocycles. The number of halogens is 2. The van der Waals surface area contributed by atoms with Crippen LogP contribution in [0.3, 0.4) is 0 Å². The van der Waals surface area contributed by atoms with E-state index in [-0.39, 0.29) is 12.5 Å². The number of nitrogens with one attached hydrogen (secondary N) is 1. The summed E-state index contributed by atoms with van der Waals surface area (Å²) in [6, 6.07) is 8.94. The summed E-state index contributed by atoms with van der Waals surface area (Å²) >= 11 is 10.7. The van der Waals surface area contributed by atoms with Gasteiger partial charge in [0.1, 0.15) is 5.75 Å². The minimum absolute atomic E-state index is 0.150. The number of hydrogen-bond acceptors (Lipinski definition) is 5. The molecule has 8 heteroatoms. The highest BCUT2D eigenvalue weighted by atomic mass is 79.9. The Morgan fingerprint density at radius 1 is 1.38 bits per heavy atom. The Morgan fingerprint density at radius 2 is 2.25 bits per heavy atom. The summed E-state index contributed by atoms with van der Waals surface area (Å²) in [5.41, 5.74) is 1.66. The molecule has 1 N–H and O–H groups in total. The number of carbonyl (C=O) groups excluding carboxylic acids is 1. The van der Waals surface area contributed by atoms with E-state index in [2.05, 4.69) is 31.2 Å². The third-order valence-corrected chi connectivity index (χ3v) is 4.51. The van der Waals surface area contributed by atoms with E-state index in [0.29, 0.717) is 15.9 Å². The first-order valence-corrected chi connectivity index (χ1v) is 8.90. The van der Waals surface area contributed by atoms with Gasteiger partial charge < -0.3 is 4.74 Å². The zero-order valence-corrected chi connectivity index (χ0v) is 15.4. The second-order valence-corrected chi connectivity index (χ2v) is 6.87. The van der Waals surface area contributed by atoms with Gasteiger partial charge in [-0.3, -0.25) is 15.1 Å². The molecule has 0 unspecified atom stereocenters. The molecule has 2 heterocycles. The second-order valence-electron chi connectivity index (χ2n) is 4.69. The lowest BCUT2D eigenvalue weighted by atomic mass is 10.2. The van der Waals surface area contributed by atoms with Crippen molar-refractivity contribution in [3.8, 4) is 17.0 Å². The molecule has 0 bridgehead atoms. The lowest BCUT2D eigenvalue weighted by Crippen LogP contribution is -2.20. The van der Waals surface area contributed by atoms with Gasteiger partial charge in [0.25, 0.3) is 5.91 Å². The third kappa shape index (κ3) is 4.31. The molecule has 122 valence electrons. The van der Waals surface area contributed by atoms with Crippen LogP contribution in [0.5, 0.6) is 5.75 Å². The Balaban J connectivity index is 1.58. The zero-order chi connectivity index (χ0) is 16.9. The van der Waals surface area contributed by atoms with Gasteiger partial charge in [-0.15, -0.1) is 11.3 Å². The van der Waals surface area contributed by atoms with Crippen molar-refractivity contribution in [1.82, 2.24) is 9.97 Å². The van der Waals surface area contributed by atoms with Crippen molar-refractivity contribution in [2.75, 3.05) is 11.9 Å². The van der Waals surface area contributed by atoms with Gasteiger partial charge in [0, 0.05) is 27.8 Å². The molecule has 24 heavy (non-hydrogen) atoms. The minimum atomic E-state index is -0.305. The highest BCUT2D eigenvalue weighted by molar-refractivity contribution is 9.10. The van der Waals surface area contributed by atoms with Gasteiger partial charge in [-0.25, -0.2) is 4.98 Å². The van der Waals surface area contributed by atoms with Gasteiger partial charge in [0.05, 0.1) is 10.7 Å². The molecular weight excluding hydrogens is 414 g/mol. The van der Waals surface area contributed by atoms with Crippen LogP contribution in [0, 0.1) is 0 Å². The van der Waals surface area contributed by atoms with E-state index in [1.807, 2.05) is 17.5 Å². The van der Waals surface area contributed by atoms with E-state index in [0.717, 1.165) is 15.7 Å². The fraction of sp³-hybridized carbons (Fsp3) is 0.0625. The fourth-order valence-electron chi connectivity index (χ4n) is 1.87. The number of thiazole rings is 1. The summed E-state index contributed by atoms with van der Waals surface area (Å²) in [5.74, 6) is 0.145. The average Bonchev–Trinajstić information content (AvgIpc) is 3.03. The maximum atomic E-state index is 12.0. The topological polar surface area (TPSA) is 64.1 Å². The molecule has 0 aliphatic carbocycles. The largest absolute Gasteiger partial charge is 0.482 e. The van der Waals surface area contributed by atoms with E-state index >= 15 is 0 Å². The maximum Gasteiger partial charge on any atom is 0.264 e. The molecule has 0 aliphatic rings. The number of rotatable bonds is 5. The van der Waals surface area contributed by atoms with Gasteiger partial charge in [0.2, 0.25) is 0 Å². The zero-order valence-electron chi connectivity index (χ0n) is 12.2. The molecule has 1 amide bonds. The molecule has 0 spiro atoms. The summed E-state index contributed by atoms with van der Waals surface area (Å²) in [6.07, 6.45) is 3.42. The van der Waals surface area contributed by atoms with Crippen molar-refractivity contribution < 1.29 is 9.53 Å². The van der Waals surface area contributed by atoms with Crippen LogP contribution in [-0.4, -0.2) is 22.5 Å². The monoisotopic (exact) mass is 423 g/mol. The third-order valence-electron chi connectivity index (χ3n) is 2.96. The Bertz CT molecular complexity index is 858. The van der Waals surface area contributed by atoms with Gasteiger partial charge in [-0.1, -0.05) is 27.5 Å². The summed E-state index contributed by atoms with van der Waals surface area (Å²) in [5, 5.41) is 5.50. The van der Waals surface area contributed by atoms with Crippen molar-refractivity contribution in [2.24, 2.45) is 0 Å². The number of hydrogen-bond donors (Lipinski definition) is 1. The van der Waals surface area contributed by atoms with E-state index in [4.69, 9.17) is 16.3 Å². The van der Waals surface area contributed by atoms with Crippen molar-refractivity contribution in [3.63, 3.8) is 0 Å². The Labute approximate surface area is 155 Å². The van der Waals surface area contributed by atoms with Crippen molar-refractivity contribution in [3.05, 3.63) is 57.6 Å². The number of pyridine rings is 1. The Kier molecular flexibility index (Phi) is 5.44. The molecule has 0 fully saturated rings. The molecule has 3 rings (SSSR count). The predicted octanol–water partition coefficient (Wildman–Crippen LogP) is 4.64. The molecule has 0 radical (unpaired) electrons. The fourth-order valence-corrected chi connectivity index (χ4v) is 3.33. The SMILES string of the molecule is O=C(COc1ccc(Br)cc1Cl)Nc1nc(-c2cccnc2)cs1. The molecule has 0 aliphatic heterocycles. The molecular formula is C16H11BrClN3O2S. The van der Waals surface area contributed by atoms with E-state index in [1.165, 1.54) is 11.3 Å². The standard InChI is InChI=1S/C16H11BrClN3O2S/c17-11-3-4-14(12(18)6-11)23-8-15(22)21-16-20-13(9-24-16)10-2-1-5-19-7-10/h1-7,9H,8H2,(H,20,21,22). The van der Waals surface area contributed by atoms with Crippen LogP contribution in [0.2, 0.25) is 5.02 Å². The van der Waals surface area contributed by atoms with E-state index in [9.17, 15) is 4.79 Å². The number of nitrogens with zero attached hydrogens (tertiary/aromatic N) is 2. The van der Waals surface area contributed by atoms with Crippen LogP contribution in [0.4, 0.5) is 5.13 Å². The van der Waals surface area contributed by atoms with Gasteiger partial charge in [-0.05, 0) is 30.3 Å². The summed E-state index contributed by atoms with van der Waals surface area (Å²) < 4.78 is 6.26. The summed E-state index contributed by atoms with van der Waals surface area (Å²) in [6.45, 7) is -0.150. The highest BCUT2D eigenvalue weighted by Gasteiger charge is 2.10. The Morgan fingerprint density at radius 3 is 3.00 bits per heavy atom. The molecule has 0 saturated carbocycles. The molecule has 0 saturated heterocycles. The number of amides is 1. The number of benzene rings is 1. The van der Waals surface area contributed by atoms with Crippen LogP contribution in [0.25, 0.3) is 11.3 Å². The van der Waals surface area contributed by atoms with E-state index < -0.39 is 0 Å². The smallest absolute Gasteiger partial charge is 0.264 e. The molecule has 3 aromatic rings. The van der Waals surface area contributed by atoms with Gasteiger partial charge in [0.15, 0.2) is 11.7 Å². The lowest BCUT2D eigenvalue weighted by Gasteiger charge is -2.07. The first kappa shape index (κ1) is 16.9. The van der Waals surface area contributed by atoms with Crippen LogP contribution >= 0.6 is 38.9 Å². The van der Waals surface area contributed by atoms with Gasteiger partial charge >= 0.3 is 0 Å². The summed E-state index contributed by atoms with van der Waals surface area (Å²) in [4.78, 5) is 20.4. The first-order chi connectivity index (χ1) is 11.6. The van der Waals surface area contributed by atoms with Crippen molar-refractivity contribution in [2.45, 2.75) is 0 Å². The molecule has 2 aromatic heterocycles. The number of ether oxygens (including phenoxy) is 1. The van der Waals surface area contributed by atoms with Crippen LogP contribution in [-0.2, 0) is 4.79 Å². The highest BCUT2D eigenvalue weighted by Crippen LogP contribution is 2.28. The Hall–Kier alpha value is -1.96. The van der Waals surface area contributed by atoms with Crippen molar-refractivity contribution >= 4 is 49.9 Å². The average molecular weight is 425 g/mol. The normalized spacial score (nSPS) is 10.4. The lowest BCUT2D eigenvalue weighted by molar-refractivity contribution is -0.118. The number of carbonyl (C=O) groups is 1. The van der Waals surface area contributed by atoms with Gasteiger partial charge in [-0.2, -0.15) is 0 Å². The van der Waals surface area contributed by atoms with Crippen LogP contribution in [0.15, 0.2) is 52.6 Å². The van der Waals surface area contributed by atoms with Crippen LogP contribution < -0.4 is 10.1 Å². The van der Waals surface area contributed by atoms with E-state index in [1.54, 1.807) is 30.6 Å². The molecule has 0 atom stereocenters. The minimum Gasteiger partial charge on any atom is -0.482 e. The second kappa shape index (κ2) is 7.74. The number of anilines is 1. The van der Waals surface area contributed by atoms with Crippen LogP contribution in [0.1, 0.15) is 0 Å². The summed E-state index contributed by atoms with van der Waals surface area (Å²) in [7, 11) is 0.